The van der Waals surface area contributed by atoms with E-state index in [0.29, 0.717) is 0 Å². The molecule has 4 heteroatoms. The maximum absolute atomic E-state index is 12.5. The van der Waals surface area contributed by atoms with Crippen LogP contribution in [0.4, 0.5) is 0 Å². The SMILES string of the molecule is CCCCCCCCCCCCn1c(C(C)NC(=O)/C=C\c2ccccc2)nc2ccccc21. The second-order valence-corrected chi connectivity index (χ2v) is 9.27. The number of amides is 1. The van der Waals surface area contributed by atoms with E-state index in [4.69, 9.17) is 4.98 Å². The van der Waals surface area contributed by atoms with Gasteiger partial charge in [0.25, 0.3) is 0 Å². The van der Waals surface area contributed by atoms with Gasteiger partial charge in [-0.05, 0) is 37.1 Å². The standard InChI is InChI=1S/C30H41N3O/c1-3-4-5-6-7-8-9-10-11-17-24-33-28-21-16-15-20-27(28)32-30(33)25(2)31-29(34)23-22-26-18-13-12-14-19-26/h12-16,18-23,25H,3-11,17,24H2,1-2H3,(H,31,34)/b23-22-. The van der Waals surface area contributed by atoms with Crippen molar-refractivity contribution in [3.05, 3.63) is 72.1 Å². The Hall–Kier alpha value is -2.88. The lowest BCUT2D eigenvalue weighted by Gasteiger charge is -2.15. The van der Waals surface area contributed by atoms with Crippen molar-refractivity contribution in [3.8, 4) is 0 Å². The van der Waals surface area contributed by atoms with Gasteiger partial charge in [-0.15, -0.1) is 0 Å². The Morgan fingerprint density at radius 2 is 1.50 bits per heavy atom. The third kappa shape index (κ3) is 8.16. The van der Waals surface area contributed by atoms with Crippen molar-refractivity contribution >= 4 is 23.0 Å². The minimum absolute atomic E-state index is 0.103. The summed E-state index contributed by atoms with van der Waals surface area (Å²) >= 11 is 0. The number of carbonyl (C=O) groups excluding carboxylic acids is 1. The van der Waals surface area contributed by atoms with E-state index in [9.17, 15) is 4.79 Å². The quantitative estimate of drug-likeness (QED) is 0.186. The number of nitrogens with zero attached hydrogens (tertiary/aromatic N) is 2. The second kappa shape index (κ2) is 14.4. The molecule has 1 N–H and O–H groups in total. The molecule has 1 atom stereocenters. The van der Waals surface area contributed by atoms with E-state index < -0.39 is 0 Å². The number of unbranched alkanes of at least 4 members (excludes halogenated alkanes) is 9. The number of aromatic nitrogens is 2. The number of hydrogen-bond acceptors (Lipinski definition) is 2. The van der Waals surface area contributed by atoms with Crippen molar-refractivity contribution in [2.45, 2.75) is 90.6 Å². The van der Waals surface area contributed by atoms with E-state index in [2.05, 4.69) is 35.0 Å². The molecule has 1 unspecified atom stereocenters. The van der Waals surface area contributed by atoms with E-state index in [1.54, 1.807) is 6.08 Å². The first-order chi connectivity index (χ1) is 16.7. The van der Waals surface area contributed by atoms with Gasteiger partial charge in [-0.1, -0.05) is 107 Å². The number of imidazole rings is 1. The Morgan fingerprint density at radius 3 is 2.21 bits per heavy atom. The van der Waals surface area contributed by atoms with Gasteiger partial charge in [0.05, 0.1) is 17.1 Å². The van der Waals surface area contributed by atoms with Crippen LogP contribution < -0.4 is 5.32 Å². The average molecular weight is 460 g/mol. The largest absolute Gasteiger partial charge is 0.343 e. The van der Waals surface area contributed by atoms with Gasteiger partial charge in [-0.25, -0.2) is 4.98 Å². The fraction of sp³-hybridized carbons (Fsp3) is 0.467. The van der Waals surface area contributed by atoms with Crippen molar-refractivity contribution in [1.82, 2.24) is 14.9 Å². The van der Waals surface area contributed by atoms with E-state index in [1.807, 2.05) is 49.4 Å². The number of rotatable bonds is 15. The van der Waals surface area contributed by atoms with Crippen molar-refractivity contribution in [3.63, 3.8) is 0 Å². The minimum Gasteiger partial charge on any atom is -0.343 e. The predicted molar refractivity (Wildman–Crippen MR) is 144 cm³/mol. The minimum atomic E-state index is -0.163. The lowest BCUT2D eigenvalue weighted by molar-refractivity contribution is -0.117. The zero-order valence-corrected chi connectivity index (χ0v) is 21.0. The normalized spacial score (nSPS) is 12.4. The molecule has 3 aromatic rings. The second-order valence-electron chi connectivity index (χ2n) is 9.27. The van der Waals surface area contributed by atoms with Gasteiger partial charge in [-0.2, -0.15) is 0 Å². The van der Waals surface area contributed by atoms with Gasteiger partial charge >= 0.3 is 0 Å². The topological polar surface area (TPSA) is 46.9 Å². The Labute approximate surface area is 205 Å². The number of aryl methyl sites for hydroxylation is 1. The molecule has 0 saturated heterocycles. The first-order valence-corrected chi connectivity index (χ1v) is 13.2. The molecule has 0 radical (unpaired) electrons. The molecule has 1 heterocycles. The van der Waals surface area contributed by atoms with Crippen molar-refractivity contribution in [1.29, 1.82) is 0 Å². The number of carbonyl (C=O) groups is 1. The molecule has 0 aliphatic rings. The summed E-state index contributed by atoms with van der Waals surface area (Å²) in [5.41, 5.74) is 3.15. The van der Waals surface area contributed by atoms with Crippen molar-refractivity contribution < 1.29 is 4.79 Å². The fourth-order valence-electron chi connectivity index (χ4n) is 4.48. The van der Waals surface area contributed by atoms with Crippen LogP contribution >= 0.6 is 0 Å². The molecule has 0 bridgehead atoms. The summed E-state index contributed by atoms with van der Waals surface area (Å²) in [4.78, 5) is 17.4. The third-order valence-corrected chi connectivity index (χ3v) is 6.39. The van der Waals surface area contributed by atoms with Crippen LogP contribution in [-0.2, 0) is 11.3 Å². The maximum Gasteiger partial charge on any atom is 0.244 e. The summed E-state index contributed by atoms with van der Waals surface area (Å²) in [6, 6.07) is 18.0. The van der Waals surface area contributed by atoms with Gasteiger partial charge in [0, 0.05) is 12.6 Å². The summed E-state index contributed by atoms with van der Waals surface area (Å²) < 4.78 is 2.30. The highest BCUT2D eigenvalue weighted by Crippen LogP contribution is 2.22. The van der Waals surface area contributed by atoms with Crippen LogP contribution in [0.1, 0.15) is 95.5 Å². The summed E-state index contributed by atoms with van der Waals surface area (Å²) in [5.74, 6) is 0.826. The Balaban J connectivity index is 1.52. The molecule has 4 nitrogen and oxygen atoms in total. The number of nitrogens with one attached hydrogen (secondary N) is 1. The molecule has 0 aliphatic heterocycles. The van der Waals surface area contributed by atoms with Crippen molar-refractivity contribution in [2.24, 2.45) is 0 Å². The first-order valence-electron chi connectivity index (χ1n) is 13.2. The molecule has 0 saturated carbocycles. The predicted octanol–water partition coefficient (Wildman–Crippen LogP) is 7.85. The van der Waals surface area contributed by atoms with Crippen LogP contribution in [0.2, 0.25) is 0 Å². The van der Waals surface area contributed by atoms with E-state index in [0.717, 1.165) is 35.4 Å². The number of fused-ring (bicyclic) bond motifs is 1. The highest BCUT2D eigenvalue weighted by molar-refractivity contribution is 5.92. The molecule has 3 rings (SSSR count). The number of para-hydroxylation sites is 2. The summed E-state index contributed by atoms with van der Waals surface area (Å²) in [6.45, 7) is 5.23. The van der Waals surface area contributed by atoms with Crippen LogP contribution in [0.15, 0.2) is 60.7 Å². The first kappa shape index (κ1) is 25.7. The number of benzene rings is 2. The number of hydrogen-bond donors (Lipinski definition) is 1. The molecule has 0 fully saturated rings. The summed E-state index contributed by atoms with van der Waals surface area (Å²) in [5, 5.41) is 3.10. The van der Waals surface area contributed by atoms with E-state index in [1.165, 1.54) is 57.8 Å². The smallest absolute Gasteiger partial charge is 0.244 e. The Bertz CT molecular complexity index is 1020. The molecule has 0 aliphatic carbocycles. The van der Waals surface area contributed by atoms with Crippen LogP contribution in [0, 0.1) is 0 Å². The van der Waals surface area contributed by atoms with Gasteiger partial charge in [0.15, 0.2) is 0 Å². The maximum atomic E-state index is 12.5. The molecule has 2 aromatic carbocycles. The molecular formula is C30H41N3O. The van der Waals surface area contributed by atoms with E-state index in [-0.39, 0.29) is 11.9 Å². The summed E-state index contributed by atoms with van der Waals surface area (Å²) in [6.07, 6.45) is 16.7. The molecule has 0 spiro atoms. The Kier molecular flexibility index (Phi) is 10.9. The van der Waals surface area contributed by atoms with Crippen LogP contribution in [0.3, 0.4) is 0 Å². The van der Waals surface area contributed by atoms with Crippen LogP contribution in [0.25, 0.3) is 17.1 Å². The lowest BCUT2D eigenvalue weighted by Crippen LogP contribution is -2.27. The molecule has 182 valence electrons. The monoisotopic (exact) mass is 459 g/mol. The highest BCUT2D eigenvalue weighted by atomic mass is 16.1. The zero-order valence-electron chi connectivity index (χ0n) is 21.0. The Morgan fingerprint density at radius 1 is 0.882 bits per heavy atom. The molecule has 1 aromatic heterocycles. The van der Waals surface area contributed by atoms with Crippen molar-refractivity contribution in [2.75, 3.05) is 0 Å². The fourth-order valence-corrected chi connectivity index (χ4v) is 4.48. The van der Waals surface area contributed by atoms with E-state index >= 15 is 0 Å². The lowest BCUT2D eigenvalue weighted by atomic mass is 10.1. The molecular weight excluding hydrogens is 418 g/mol. The van der Waals surface area contributed by atoms with Gasteiger partial charge < -0.3 is 9.88 Å². The van der Waals surface area contributed by atoms with Gasteiger partial charge in [-0.3, -0.25) is 4.79 Å². The molecule has 34 heavy (non-hydrogen) atoms. The van der Waals surface area contributed by atoms with Gasteiger partial charge in [0.1, 0.15) is 5.82 Å². The molecule has 1 amide bonds. The third-order valence-electron chi connectivity index (χ3n) is 6.39. The van der Waals surface area contributed by atoms with Crippen LogP contribution in [0.5, 0.6) is 0 Å². The zero-order chi connectivity index (χ0) is 24.0. The van der Waals surface area contributed by atoms with Crippen LogP contribution in [-0.4, -0.2) is 15.5 Å². The average Bonchev–Trinajstić information content (AvgIpc) is 3.23. The highest BCUT2D eigenvalue weighted by Gasteiger charge is 2.17. The summed E-state index contributed by atoms with van der Waals surface area (Å²) in [7, 11) is 0. The van der Waals surface area contributed by atoms with Gasteiger partial charge in [0.2, 0.25) is 5.91 Å².